The van der Waals surface area contributed by atoms with E-state index >= 15 is 0 Å². The molecule has 0 spiro atoms. The molecule has 0 amide bonds. The molecule has 0 aromatic heterocycles. The van der Waals surface area contributed by atoms with Crippen molar-refractivity contribution in [2.75, 3.05) is 0 Å². The maximum Gasteiger partial charge on any atom is 0.338 e. The van der Waals surface area contributed by atoms with Gasteiger partial charge < -0.3 is 15.8 Å². The molecule has 0 bridgehead atoms. The van der Waals surface area contributed by atoms with Crippen LogP contribution in [0, 0.1) is 5.41 Å². The van der Waals surface area contributed by atoms with Crippen LogP contribution >= 0.6 is 0 Å². The van der Waals surface area contributed by atoms with E-state index in [1.165, 1.54) is 13.1 Å². The maximum absolute atomic E-state index is 10.5. The number of hydrogen-bond donors (Lipinski definition) is 3. The van der Waals surface area contributed by atoms with Gasteiger partial charge >= 0.3 is 5.97 Å². The fraction of sp³-hybridized carbons (Fsp3) is 0.500. The first-order chi connectivity index (χ1) is 5.45. The number of hydrogen-bond acceptors (Lipinski definition) is 3. The molecule has 0 radical (unpaired) electrons. The first kappa shape index (κ1) is 10.7. The predicted molar refractivity (Wildman–Crippen MR) is 47.4 cm³/mol. The van der Waals surface area contributed by atoms with Crippen LogP contribution in [0.25, 0.3) is 0 Å². The van der Waals surface area contributed by atoms with E-state index in [9.17, 15) is 4.79 Å². The number of rotatable bonds is 4. The standard InChI is InChI=1S/C8H14N2O2/c1-5(2)10-4-7(6(3)9)8(11)12/h4-5,9-10H,1-3H3,(H,11,12)/b7-4+,9-6?. The Labute approximate surface area is 71.8 Å². The molecule has 0 heterocycles. The van der Waals surface area contributed by atoms with Gasteiger partial charge in [-0.25, -0.2) is 4.79 Å². The molecule has 0 aliphatic rings. The highest BCUT2D eigenvalue weighted by Crippen LogP contribution is 1.95. The van der Waals surface area contributed by atoms with Crippen LogP contribution in [0.4, 0.5) is 0 Å². The summed E-state index contributed by atoms with van der Waals surface area (Å²) in [5, 5.41) is 18.6. The second-order valence-electron chi connectivity index (χ2n) is 2.81. The molecule has 0 rings (SSSR count). The van der Waals surface area contributed by atoms with Crippen LogP contribution in [0.1, 0.15) is 20.8 Å². The van der Waals surface area contributed by atoms with Crippen molar-refractivity contribution in [3.63, 3.8) is 0 Å². The summed E-state index contributed by atoms with van der Waals surface area (Å²) in [6, 6.07) is 0.179. The molecular formula is C8H14N2O2. The van der Waals surface area contributed by atoms with E-state index in [1.807, 2.05) is 13.8 Å². The van der Waals surface area contributed by atoms with Gasteiger partial charge in [-0.15, -0.1) is 0 Å². The minimum atomic E-state index is -1.07. The molecule has 0 unspecified atom stereocenters. The molecule has 0 atom stereocenters. The average Bonchev–Trinajstić information content (AvgIpc) is 1.84. The number of carboxylic acid groups (broad SMARTS) is 1. The van der Waals surface area contributed by atoms with Crippen molar-refractivity contribution < 1.29 is 9.90 Å². The summed E-state index contributed by atoms with van der Waals surface area (Å²) in [6.45, 7) is 5.24. The third-order valence-electron chi connectivity index (χ3n) is 1.20. The van der Waals surface area contributed by atoms with Gasteiger partial charge in [-0.2, -0.15) is 0 Å². The predicted octanol–water partition coefficient (Wildman–Crippen LogP) is 0.993. The minimum Gasteiger partial charge on any atom is -0.478 e. The molecule has 3 N–H and O–H groups in total. The normalized spacial score (nSPS) is 11.5. The van der Waals surface area contributed by atoms with Crippen LogP contribution in [-0.2, 0) is 4.79 Å². The average molecular weight is 170 g/mol. The molecule has 68 valence electrons. The number of carbonyl (C=O) groups is 1. The summed E-state index contributed by atoms with van der Waals surface area (Å²) >= 11 is 0. The zero-order valence-electron chi connectivity index (χ0n) is 7.51. The fourth-order valence-corrected chi connectivity index (χ4v) is 0.580. The SMILES string of the molecule is CC(=N)/C(=C\NC(C)C)C(=O)O. The van der Waals surface area contributed by atoms with Gasteiger partial charge in [0.2, 0.25) is 0 Å². The van der Waals surface area contributed by atoms with Crippen molar-refractivity contribution in [2.24, 2.45) is 0 Å². The number of carboxylic acids is 1. The summed E-state index contributed by atoms with van der Waals surface area (Å²) in [7, 11) is 0. The summed E-state index contributed by atoms with van der Waals surface area (Å²) in [6.07, 6.45) is 1.36. The van der Waals surface area contributed by atoms with E-state index in [4.69, 9.17) is 10.5 Å². The Morgan fingerprint density at radius 1 is 1.58 bits per heavy atom. The van der Waals surface area contributed by atoms with Gasteiger partial charge in [0, 0.05) is 18.0 Å². The summed E-state index contributed by atoms with van der Waals surface area (Å²) in [5.74, 6) is -1.07. The molecular weight excluding hydrogens is 156 g/mol. The quantitative estimate of drug-likeness (QED) is 0.435. The Bertz CT molecular complexity index is 203. The van der Waals surface area contributed by atoms with Crippen LogP contribution < -0.4 is 5.32 Å². The highest BCUT2D eigenvalue weighted by atomic mass is 16.4. The molecule has 0 aliphatic heterocycles. The van der Waals surface area contributed by atoms with Crippen LogP contribution in [0.2, 0.25) is 0 Å². The lowest BCUT2D eigenvalue weighted by atomic mass is 10.2. The van der Waals surface area contributed by atoms with E-state index < -0.39 is 5.97 Å². The zero-order chi connectivity index (χ0) is 9.72. The third-order valence-corrected chi connectivity index (χ3v) is 1.20. The number of aliphatic carboxylic acids is 1. The van der Waals surface area contributed by atoms with E-state index in [0.717, 1.165) is 0 Å². The Balaban J connectivity index is 4.40. The molecule has 4 nitrogen and oxygen atoms in total. The fourth-order valence-electron chi connectivity index (χ4n) is 0.580. The second kappa shape index (κ2) is 4.54. The lowest BCUT2D eigenvalue weighted by Gasteiger charge is -2.05. The maximum atomic E-state index is 10.5. The van der Waals surface area contributed by atoms with Gasteiger partial charge in [0.25, 0.3) is 0 Å². The van der Waals surface area contributed by atoms with Gasteiger partial charge in [0.05, 0.1) is 5.57 Å². The zero-order valence-corrected chi connectivity index (χ0v) is 7.51. The van der Waals surface area contributed by atoms with Gasteiger partial charge in [0.15, 0.2) is 0 Å². The van der Waals surface area contributed by atoms with E-state index in [2.05, 4.69) is 5.32 Å². The van der Waals surface area contributed by atoms with Crippen LogP contribution in [-0.4, -0.2) is 22.8 Å². The molecule has 0 aromatic carbocycles. The second-order valence-corrected chi connectivity index (χ2v) is 2.81. The van der Waals surface area contributed by atoms with Gasteiger partial charge in [-0.3, -0.25) is 0 Å². The van der Waals surface area contributed by atoms with Crippen LogP contribution in [0.15, 0.2) is 11.8 Å². The first-order valence-corrected chi connectivity index (χ1v) is 3.70. The van der Waals surface area contributed by atoms with E-state index in [1.54, 1.807) is 0 Å². The molecule has 4 heteroatoms. The van der Waals surface area contributed by atoms with Crippen molar-refractivity contribution in [3.8, 4) is 0 Å². The molecule has 0 aromatic rings. The van der Waals surface area contributed by atoms with Crippen LogP contribution in [0.3, 0.4) is 0 Å². The summed E-state index contributed by atoms with van der Waals surface area (Å²) < 4.78 is 0. The largest absolute Gasteiger partial charge is 0.478 e. The van der Waals surface area contributed by atoms with Gasteiger partial charge in [-0.1, -0.05) is 0 Å². The topological polar surface area (TPSA) is 73.2 Å². The highest BCUT2D eigenvalue weighted by Gasteiger charge is 2.08. The third kappa shape index (κ3) is 3.75. The monoisotopic (exact) mass is 170 g/mol. The van der Waals surface area contributed by atoms with Crippen molar-refractivity contribution in [1.29, 1.82) is 5.41 Å². The Kier molecular flexibility index (Phi) is 4.04. The van der Waals surface area contributed by atoms with Crippen molar-refractivity contribution >= 4 is 11.7 Å². The highest BCUT2D eigenvalue weighted by molar-refractivity contribution is 6.16. The molecule has 0 saturated heterocycles. The summed E-state index contributed by atoms with van der Waals surface area (Å²) in [4.78, 5) is 10.5. The van der Waals surface area contributed by atoms with Crippen molar-refractivity contribution in [3.05, 3.63) is 11.8 Å². The lowest BCUT2D eigenvalue weighted by molar-refractivity contribution is -0.132. The van der Waals surface area contributed by atoms with Crippen LogP contribution in [0.5, 0.6) is 0 Å². The molecule has 12 heavy (non-hydrogen) atoms. The Morgan fingerprint density at radius 2 is 2.08 bits per heavy atom. The van der Waals surface area contributed by atoms with Crippen molar-refractivity contribution in [1.82, 2.24) is 5.32 Å². The molecule has 0 aliphatic carbocycles. The minimum absolute atomic E-state index is 0.00343. The van der Waals surface area contributed by atoms with Gasteiger partial charge in [-0.05, 0) is 20.8 Å². The van der Waals surface area contributed by atoms with Crippen molar-refractivity contribution in [2.45, 2.75) is 26.8 Å². The molecule has 0 saturated carbocycles. The smallest absolute Gasteiger partial charge is 0.338 e. The van der Waals surface area contributed by atoms with E-state index in [0.29, 0.717) is 0 Å². The Morgan fingerprint density at radius 3 is 2.33 bits per heavy atom. The lowest BCUT2D eigenvalue weighted by Crippen LogP contribution is -2.20. The first-order valence-electron chi connectivity index (χ1n) is 3.70. The summed E-state index contributed by atoms with van der Waals surface area (Å²) in [5.41, 5.74) is 0.0550. The molecule has 0 fully saturated rings. The Hall–Kier alpha value is -1.32. The van der Waals surface area contributed by atoms with Gasteiger partial charge in [0.1, 0.15) is 0 Å². The van der Waals surface area contributed by atoms with E-state index in [-0.39, 0.29) is 17.3 Å². The number of nitrogens with one attached hydrogen (secondary N) is 2.